The Kier molecular flexibility index (Phi) is 7.23. The Morgan fingerprint density at radius 3 is 2.29 bits per heavy atom. The average molecular weight is 605 g/mol. The first kappa shape index (κ1) is 29.2. The van der Waals surface area contributed by atoms with Gasteiger partial charge < -0.3 is 10.3 Å². The second-order valence-electron chi connectivity index (χ2n) is 14.3. The molecule has 224 valence electrons. The van der Waals surface area contributed by atoms with Gasteiger partial charge >= 0.3 is 0 Å². The number of allylic oxidation sites excluding steroid dienone is 4. The van der Waals surface area contributed by atoms with Gasteiger partial charge in [0.2, 0.25) is 0 Å². The Labute approximate surface area is 267 Å². The van der Waals surface area contributed by atoms with Crippen LogP contribution >= 0.6 is 0 Å². The van der Waals surface area contributed by atoms with Gasteiger partial charge in [0.05, 0.1) is 22.8 Å². The maximum absolute atomic E-state index is 5.18. The van der Waals surface area contributed by atoms with E-state index in [2.05, 4.69) is 159 Å². The minimum Gasteiger partial charge on any atom is -0.355 e. The van der Waals surface area contributed by atoms with Crippen LogP contribution < -0.4 is 16.0 Å². The number of H-pyrrole nitrogens is 1. The van der Waals surface area contributed by atoms with Crippen molar-refractivity contribution in [2.45, 2.75) is 58.9 Å². The number of hydrogen-bond acceptors (Lipinski definition) is 3. The van der Waals surface area contributed by atoms with E-state index in [0.29, 0.717) is 0 Å². The molecule has 5 heteroatoms. The van der Waals surface area contributed by atoms with Crippen molar-refractivity contribution in [3.8, 4) is 11.5 Å². The van der Waals surface area contributed by atoms with Gasteiger partial charge in [0, 0.05) is 39.5 Å². The fourth-order valence-corrected chi connectivity index (χ4v) is 6.92. The highest BCUT2D eigenvalue weighted by atomic mass is 28.3. The van der Waals surface area contributed by atoms with Gasteiger partial charge in [-0.3, -0.25) is 0 Å². The van der Waals surface area contributed by atoms with Crippen molar-refractivity contribution in [3.05, 3.63) is 135 Å². The highest BCUT2D eigenvalue weighted by molar-refractivity contribution is 6.83. The number of nitrogens with zero attached hydrogens (tertiary/aromatic N) is 2. The Hall–Kier alpha value is -4.50. The molecule has 0 spiro atoms. The van der Waals surface area contributed by atoms with Crippen LogP contribution in [-0.4, -0.2) is 36.6 Å². The van der Waals surface area contributed by atoms with E-state index in [9.17, 15) is 0 Å². The summed E-state index contributed by atoms with van der Waals surface area (Å²) >= 11 is 0. The van der Waals surface area contributed by atoms with Gasteiger partial charge in [-0.15, -0.1) is 5.54 Å². The van der Waals surface area contributed by atoms with Crippen LogP contribution in [0.4, 0.5) is 0 Å². The number of nitrogens with one attached hydrogen (secondary N) is 2. The van der Waals surface area contributed by atoms with Crippen LogP contribution in [0.1, 0.15) is 42.5 Å². The molecule has 1 aromatic heterocycles. The first-order valence-electron chi connectivity index (χ1n) is 15.9. The predicted octanol–water partition coefficient (Wildman–Crippen LogP) is 6.62. The summed E-state index contributed by atoms with van der Waals surface area (Å²) in [5.74, 6) is 3.39. The normalized spacial score (nSPS) is 25.9. The summed E-state index contributed by atoms with van der Waals surface area (Å²) in [5, 5.41) is 5.91. The number of aryl methyl sites for hydroxylation is 1. The molecule has 2 N–H and O–H groups in total. The second-order valence-corrected chi connectivity index (χ2v) is 19.1. The highest BCUT2D eigenvalue weighted by Gasteiger charge is 2.38. The molecular weight excluding hydrogens is 565 g/mol. The molecule has 2 aromatic carbocycles. The number of rotatable bonds is 2. The van der Waals surface area contributed by atoms with Crippen molar-refractivity contribution in [1.82, 2.24) is 10.3 Å². The number of fused-ring (bicyclic) bond motifs is 6. The lowest BCUT2D eigenvalue weighted by atomic mass is 9.83. The van der Waals surface area contributed by atoms with Crippen molar-refractivity contribution < 1.29 is 0 Å². The van der Waals surface area contributed by atoms with Crippen molar-refractivity contribution in [3.63, 3.8) is 0 Å². The number of aromatic nitrogens is 1. The zero-order chi connectivity index (χ0) is 31.3. The van der Waals surface area contributed by atoms with Gasteiger partial charge in [-0.1, -0.05) is 81.4 Å². The smallest absolute Gasteiger partial charge is 0.129 e. The maximum Gasteiger partial charge on any atom is 0.129 e. The zero-order valence-corrected chi connectivity index (χ0v) is 28.0. The van der Waals surface area contributed by atoms with E-state index in [1.165, 1.54) is 5.56 Å². The molecule has 2 unspecified atom stereocenters. The van der Waals surface area contributed by atoms with E-state index in [4.69, 9.17) is 9.98 Å². The van der Waals surface area contributed by atoms with E-state index < -0.39 is 8.07 Å². The molecule has 2 atom stereocenters. The molecular formula is C40H40N4Si. The van der Waals surface area contributed by atoms with Crippen LogP contribution in [0.25, 0.3) is 17.2 Å². The molecule has 1 fully saturated rings. The number of hydrogen-bond donors (Lipinski definition) is 2. The predicted molar refractivity (Wildman–Crippen MR) is 192 cm³/mol. The van der Waals surface area contributed by atoms with E-state index in [1.54, 1.807) is 0 Å². The van der Waals surface area contributed by atoms with Gasteiger partial charge in [0.1, 0.15) is 8.07 Å². The molecule has 3 aromatic rings. The fraction of sp³-hybridized carbons (Fsp3) is 0.250. The Bertz CT molecular complexity index is 2060. The van der Waals surface area contributed by atoms with E-state index in [1.807, 2.05) is 0 Å². The van der Waals surface area contributed by atoms with E-state index in [-0.39, 0.29) is 17.5 Å². The third-order valence-corrected chi connectivity index (χ3v) is 9.69. The number of aliphatic imine (C=N–C) groups is 2. The first-order valence-corrected chi connectivity index (χ1v) is 19.4. The molecule has 0 aliphatic carbocycles. The molecule has 4 aliphatic heterocycles. The Morgan fingerprint density at radius 2 is 1.53 bits per heavy atom. The quantitative estimate of drug-likeness (QED) is 0.251. The minimum absolute atomic E-state index is 0.0723. The number of benzene rings is 2. The molecule has 4 aliphatic rings. The van der Waals surface area contributed by atoms with E-state index in [0.717, 1.165) is 67.8 Å². The topological polar surface area (TPSA) is 52.5 Å². The SMILES string of the molecule is Cc1ccc(/C2=c3\cc/c([nH]3)=C/C3=NC(=C\C4CC(C)(C)C(/C=C5/C=CC2=N5)N4)/C=C3c2ccc(C#C[Si](C)(C)C)cc2)cc1. The summed E-state index contributed by atoms with van der Waals surface area (Å²) in [4.78, 5) is 14.0. The van der Waals surface area contributed by atoms with Crippen molar-refractivity contribution in [1.29, 1.82) is 0 Å². The largest absolute Gasteiger partial charge is 0.355 e. The van der Waals surface area contributed by atoms with E-state index >= 15 is 0 Å². The number of aromatic amines is 1. The van der Waals surface area contributed by atoms with Gasteiger partial charge in [-0.05, 0) is 90.6 Å². The van der Waals surface area contributed by atoms with Crippen LogP contribution in [0.3, 0.4) is 0 Å². The lowest BCUT2D eigenvalue weighted by Crippen LogP contribution is -2.32. The third kappa shape index (κ3) is 6.22. The summed E-state index contributed by atoms with van der Waals surface area (Å²) < 4.78 is 0. The Balaban J connectivity index is 1.39. The summed E-state index contributed by atoms with van der Waals surface area (Å²) in [7, 11) is -1.44. The molecule has 0 radical (unpaired) electrons. The summed E-state index contributed by atoms with van der Waals surface area (Å²) in [6.45, 7) is 13.6. The molecule has 4 nitrogen and oxygen atoms in total. The monoisotopic (exact) mass is 604 g/mol. The molecule has 0 amide bonds. The van der Waals surface area contributed by atoms with Crippen LogP contribution in [0, 0.1) is 23.8 Å². The van der Waals surface area contributed by atoms with Gasteiger partial charge in [0.25, 0.3) is 0 Å². The van der Waals surface area contributed by atoms with Gasteiger partial charge in [-0.25, -0.2) is 9.98 Å². The molecule has 0 saturated carbocycles. The lowest BCUT2D eigenvalue weighted by Gasteiger charge is -2.23. The molecule has 8 bridgehead atoms. The molecule has 1 saturated heterocycles. The summed E-state index contributed by atoms with van der Waals surface area (Å²) in [6.07, 6.45) is 14.3. The molecule has 45 heavy (non-hydrogen) atoms. The van der Waals surface area contributed by atoms with Crippen LogP contribution in [0.5, 0.6) is 0 Å². The lowest BCUT2D eigenvalue weighted by molar-refractivity contribution is 0.355. The summed E-state index contributed by atoms with van der Waals surface area (Å²) in [5.41, 5.74) is 14.3. The Morgan fingerprint density at radius 1 is 0.800 bits per heavy atom. The van der Waals surface area contributed by atoms with Crippen LogP contribution in [-0.2, 0) is 0 Å². The standard InChI is InChI=1S/C40H40N4Si/c1-26-7-11-29(12-8-26)39-35-17-15-30(41-35)23-37-34(28-13-9-27(10-14-28)19-20-45(4,5)6)22-32(43-37)21-33-25-40(2,3)38(44-33)24-31-16-18-36(39)42-31/h7-18,21-24,33,38,41,44H,25H2,1-6H3/b30-23-,31-24-,32-21-,39-35-. The molecule has 7 rings (SSSR count). The fourth-order valence-electron chi connectivity index (χ4n) is 6.40. The highest BCUT2D eigenvalue weighted by Crippen LogP contribution is 2.37. The first-order chi connectivity index (χ1) is 21.5. The average Bonchev–Trinajstić information content (AvgIpc) is 3.77. The zero-order valence-electron chi connectivity index (χ0n) is 27.0. The van der Waals surface area contributed by atoms with Crippen molar-refractivity contribution >= 4 is 36.7 Å². The van der Waals surface area contributed by atoms with Crippen LogP contribution in [0.2, 0.25) is 19.6 Å². The third-order valence-electron chi connectivity index (χ3n) is 8.81. The van der Waals surface area contributed by atoms with Crippen LogP contribution in [0.15, 0.2) is 112 Å². The van der Waals surface area contributed by atoms with Gasteiger partial charge in [-0.2, -0.15) is 0 Å². The van der Waals surface area contributed by atoms with Gasteiger partial charge in [0.15, 0.2) is 0 Å². The minimum atomic E-state index is -1.44. The van der Waals surface area contributed by atoms with Crippen molar-refractivity contribution in [2.75, 3.05) is 0 Å². The van der Waals surface area contributed by atoms with Crippen molar-refractivity contribution in [2.24, 2.45) is 15.4 Å². The second kappa shape index (κ2) is 11.1. The maximum atomic E-state index is 5.18. The molecule has 5 heterocycles. The summed E-state index contributed by atoms with van der Waals surface area (Å²) in [6, 6.07) is 22.0.